The molecule has 0 N–H and O–H groups in total. The van der Waals surface area contributed by atoms with Crippen molar-refractivity contribution in [2.45, 2.75) is 32.9 Å². The number of aromatic nitrogens is 3. The molecule has 0 saturated carbocycles. The number of ether oxygens (including phenoxy) is 1. The first kappa shape index (κ1) is 15.6. The average molecular weight is 336 g/mol. The summed E-state index contributed by atoms with van der Waals surface area (Å²) in [5.41, 5.74) is 3.13. The molecule has 0 aromatic carbocycles. The molecule has 128 valence electrons. The number of allylic oxidation sites excluding steroid dienone is 4. The van der Waals surface area contributed by atoms with Gasteiger partial charge in [0.1, 0.15) is 18.0 Å². The molecular formula is C19H20N4O2. The monoisotopic (exact) mass is 336 g/mol. The summed E-state index contributed by atoms with van der Waals surface area (Å²) in [5.74, 6) is 0.919. The number of rotatable bonds is 4. The maximum Gasteiger partial charge on any atom is 0.276 e. The van der Waals surface area contributed by atoms with Crippen molar-refractivity contribution in [2.75, 3.05) is 11.4 Å². The van der Waals surface area contributed by atoms with Crippen molar-refractivity contribution < 1.29 is 9.53 Å². The van der Waals surface area contributed by atoms with E-state index in [4.69, 9.17) is 4.74 Å². The lowest BCUT2D eigenvalue weighted by atomic mass is 10.2. The maximum atomic E-state index is 12.8. The van der Waals surface area contributed by atoms with E-state index in [0.29, 0.717) is 25.4 Å². The summed E-state index contributed by atoms with van der Waals surface area (Å²) in [5, 5.41) is 4.51. The summed E-state index contributed by atoms with van der Waals surface area (Å²) < 4.78 is 7.58. The number of anilines is 1. The Labute approximate surface area is 146 Å². The summed E-state index contributed by atoms with van der Waals surface area (Å²) >= 11 is 0. The van der Waals surface area contributed by atoms with Crippen molar-refractivity contribution in [1.82, 2.24) is 14.8 Å². The molecule has 2 aromatic heterocycles. The summed E-state index contributed by atoms with van der Waals surface area (Å²) in [4.78, 5) is 18.8. The van der Waals surface area contributed by atoms with Crippen molar-refractivity contribution in [3.05, 3.63) is 65.5 Å². The predicted molar refractivity (Wildman–Crippen MR) is 94.1 cm³/mol. The minimum absolute atomic E-state index is 0.0459. The molecule has 6 heteroatoms. The molecular weight excluding hydrogens is 316 g/mol. The van der Waals surface area contributed by atoms with Crippen LogP contribution in [0.15, 0.2) is 48.4 Å². The third-order valence-corrected chi connectivity index (χ3v) is 4.42. The average Bonchev–Trinajstić information content (AvgIpc) is 3.06. The van der Waals surface area contributed by atoms with Crippen LogP contribution in [0.4, 0.5) is 5.69 Å². The van der Waals surface area contributed by atoms with Crippen LogP contribution in [0.25, 0.3) is 0 Å². The van der Waals surface area contributed by atoms with Crippen molar-refractivity contribution in [3.8, 4) is 0 Å². The van der Waals surface area contributed by atoms with Gasteiger partial charge < -0.3 is 9.64 Å². The van der Waals surface area contributed by atoms with Crippen molar-refractivity contribution in [2.24, 2.45) is 0 Å². The third kappa shape index (κ3) is 3.20. The largest absolute Gasteiger partial charge is 0.492 e. The Morgan fingerprint density at radius 1 is 1.28 bits per heavy atom. The fourth-order valence-corrected chi connectivity index (χ4v) is 3.05. The Bertz CT molecular complexity index is 849. The van der Waals surface area contributed by atoms with Gasteiger partial charge >= 0.3 is 0 Å². The van der Waals surface area contributed by atoms with E-state index >= 15 is 0 Å². The molecule has 0 unspecified atom stereocenters. The van der Waals surface area contributed by atoms with Gasteiger partial charge in [-0.2, -0.15) is 5.10 Å². The minimum Gasteiger partial charge on any atom is -0.492 e. The SMILES string of the molecule is Cc1ccc(N2CCn3nc(COC4=CC=CCC4)cc3C2=O)cn1. The lowest BCUT2D eigenvalue weighted by Crippen LogP contribution is -2.40. The number of aryl methyl sites for hydroxylation is 1. The predicted octanol–water partition coefficient (Wildman–Crippen LogP) is 3.00. The lowest BCUT2D eigenvalue weighted by molar-refractivity contribution is 0.0962. The van der Waals surface area contributed by atoms with Gasteiger partial charge in [0, 0.05) is 18.7 Å². The second-order valence-corrected chi connectivity index (χ2v) is 6.25. The van der Waals surface area contributed by atoms with Crippen LogP contribution in [0.2, 0.25) is 0 Å². The molecule has 1 amide bonds. The number of hydrogen-bond acceptors (Lipinski definition) is 4. The van der Waals surface area contributed by atoms with E-state index in [1.165, 1.54) is 0 Å². The molecule has 0 saturated heterocycles. The quantitative estimate of drug-likeness (QED) is 0.861. The molecule has 0 radical (unpaired) electrons. The van der Waals surface area contributed by atoms with Crippen LogP contribution in [0.5, 0.6) is 0 Å². The van der Waals surface area contributed by atoms with E-state index in [1.54, 1.807) is 15.8 Å². The van der Waals surface area contributed by atoms with Crippen LogP contribution in [-0.2, 0) is 17.9 Å². The second-order valence-electron chi connectivity index (χ2n) is 6.25. The topological polar surface area (TPSA) is 60.2 Å². The van der Waals surface area contributed by atoms with E-state index < -0.39 is 0 Å². The van der Waals surface area contributed by atoms with Crippen molar-refractivity contribution >= 4 is 11.6 Å². The Morgan fingerprint density at radius 2 is 2.20 bits per heavy atom. The zero-order valence-electron chi connectivity index (χ0n) is 14.2. The van der Waals surface area contributed by atoms with Gasteiger partial charge in [-0.3, -0.25) is 14.5 Å². The fourth-order valence-electron chi connectivity index (χ4n) is 3.05. The number of pyridine rings is 1. The van der Waals surface area contributed by atoms with Gasteiger partial charge in [0.15, 0.2) is 0 Å². The summed E-state index contributed by atoms with van der Waals surface area (Å²) in [6, 6.07) is 5.68. The van der Waals surface area contributed by atoms with Crippen LogP contribution in [0.1, 0.15) is 34.7 Å². The molecule has 6 nitrogen and oxygen atoms in total. The molecule has 3 heterocycles. The number of carbonyl (C=O) groups is 1. The van der Waals surface area contributed by atoms with E-state index in [2.05, 4.69) is 16.2 Å². The van der Waals surface area contributed by atoms with Crippen molar-refractivity contribution in [1.29, 1.82) is 0 Å². The van der Waals surface area contributed by atoms with Gasteiger partial charge in [0.05, 0.1) is 24.2 Å². The highest BCUT2D eigenvalue weighted by Crippen LogP contribution is 2.22. The van der Waals surface area contributed by atoms with Crippen LogP contribution >= 0.6 is 0 Å². The molecule has 0 atom stereocenters. The summed E-state index contributed by atoms with van der Waals surface area (Å²) in [6.45, 7) is 3.58. The Hall–Kier alpha value is -2.89. The van der Waals surface area contributed by atoms with Gasteiger partial charge in [0.25, 0.3) is 5.91 Å². The van der Waals surface area contributed by atoms with E-state index in [0.717, 1.165) is 35.7 Å². The molecule has 1 aliphatic carbocycles. The van der Waals surface area contributed by atoms with E-state index in [9.17, 15) is 4.79 Å². The first-order valence-electron chi connectivity index (χ1n) is 8.50. The first-order chi connectivity index (χ1) is 12.2. The minimum atomic E-state index is -0.0459. The number of hydrogen-bond donors (Lipinski definition) is 0. The molecule has 0 fully saturated rings. The van der Waals surface area contributed by atoms with Gasteiger partial charge in [-0.05, 0) is 37.6 Å². The molecule has 0 spiro atoms. The Balaban J connectivity index is 1.49. The molecule has 4 rings (SSSR count). The number of nitrogens with zero attached hydrogens (tertiary/aromatic N) is 4. The Kier molecular flexibility index (Phi) is 4.09. The highest BCUT2D eigenvalue weighted by Gasteiger charge is 2.27. The lowest BCUT2D eigenvalue weighted by Gasteiger charge is -2.27. The van der Waals surface area contributed by atoms with Gasteiger partial charge in [-0.1, -0.05) is 12.2 Å². The van der Waals surface area contributed by atoms with Gasteiger partial charge in [-0.15, -0.1) is 0 Å². The number of carbonyl (C=O) groups excluding carboxylic acids is 1. The molecule has 25 heavy (non-hydrogen) atoms. The van der Waals surface area contributed by atoms with Crippen LogP contribution in [0.3, 0.4) is 0 Å². The standard InChI is InChI=1S/C19H20N4O2/c1-14-7-8-16(12-20-14)22-9-10-23-18(19(22)24)11-15(21-23)13-25-17-5-3-2-4-6-17/h2-3,5,7-8,11-12H,4,6,9-10,13H2,1H3. The third-order valence-electron chi connectivity index (χ3n) is 4.42. The molecule has 2 aliphatic rings. The summed E-state index contributed by atoms with van der Waals surface area (Å²) in [6.07, 6.45) is 9.77. The molecule has 2 aromatic rings. The van der Waals surface area contributed by atoms with Gasteiger partial charge in [-0.25, -0.2) is 0 Å². The number of fused-ring (bicyclic) bond motifs is 1. The Morgan fingerprint density at radius 3 is 2.96 bits per heavy atom. The smallest absolute Gasteiger partial charge is 0.276 e. The first-order valence-corrected chi connectivity index (χ1v) is 8.50. The number of amides is 1. The van der Waals surface area contributed by atoms with E-state index in [1.807, 2.05) is 37.3 Å². The van der Waals surface area contributed by atoms with Crippen molar-refractivity contribution in [3.63, 3.8) is 0 Å². The maximum absolute atomic E-state index is 12.8. The normalized spacial score (nSPS) is 16.6. The molecule has 1 aliphatic heterocycles. The fraction of sp³-hybridized carbons (Fsp3) is 0.316. The molecule has 0 bridgehead atoms. The van der Waals surface area contributed by atoms with E-state index in [-0.39, 0.29) is 5.91 Å². The summed E-state index contributed by atoms with van der Waals surface area (Å²) in [7, 11) is 0. The zero-order chi connectivity index (χ0) is 17.2. The van der Waals surface area contributed by atoms with Crippen LogP contribution in [0, 0.1) is 6.92 Å². The highest BCUT2D eigenvalue weighted by molar-refractivity contribution is 6.05. The van der Waals surface area contributed by atoms with Gasteiger partial charge in [0.2, 0.25) is 0 Å². The second kappa shape index (κ2) is 6.55. The van der Waals surface area contributed by atoms with Crippen LogP contribution < -0.4 is 4.90 Å². The zero-order valence-corrected chi connectivity index (χ0v) is 14.2. The van der Waals surface area contributed by atoms with Crippen LogP contribution in [-0.4, -0.2) is 27.2 Å². The highest BCUT2D eigenvalue weighted by atomic mass is 16.5.